The van der Waals surface area contributed by atoms with Crippen LogP contribution in [0.25, 0.3) is 0 Å². The second-order valence-corrected chi connectivity index (χ2v) is 4.18. The summed E-state index contributed by atoms with van der Waals surface area (Å²) in [6.07, 6.45) is 0.323. The van der Waals surface area contributed by atoms with Crippen molar-refractivity contribution >= 4 is 11.9 Å². The van der Waals surface area contributed by atoms with E-state index in [2.05, 4.69) is 5.32 Å². The fourth-order valence-corrected chi connectivity index (χ4v) is 1.08. The summed E-state index contributed by atoms with van der Waals surface area (Å²) in [6, 6.07) is -0.792. The molecule has 0 aliphatic carbocycles. The fourth-order valence-electron chi connectivity index (χ4n) is 1.08. The fraction of sp³-hybridized carbons (Fsp3) is 0.800. The third kappa shape index (κ3) is 6.06. The van der Waals surface area contributed by atoms with Crippen molar-refractivity contribution in [1.29, 1.82) is 0 Å². The first-order chi connectivity index (χ1) is 6.84. The van der Waals surface area contributed by atoms with E-state index in [9.17, 15) is 9.59 Å². The predicted molar refractivity (Wildman–Crippen MR) is 57.6 cm³/mol. The Labute approximate surface area is 90.5 Å². The zero-order valence-electron chi connectivity index (χ0n) is 9.78. The molecule has 0 aliphatic heterocycles. The maximum Gasteiger partial charge on any atom is 0.326 e. The third-order valence-electron chi connectivity index (χ3n) is 2.04. The van der Waals surface area contributed by atoms with Crippen molar-refractivity contribution in [2.24, 2.45) is 5.92 Å². The van der Waals surface area contributed by atoms with Crippen LogP contribution in [0.2, 0.25) is 0 Å². The van der Waals surface area contributed by atoms with Gasteiger partial charge < -0.3 is 15.3 Å². The van der Waals surface area contributed by atoms with E-state index >= 15 is 0 Å². The Kier molecular flexibility index (Phi) is 5.93. The van der Waals surface area contributed by atoms with E-state index in [4.69, 9.17) is 5.11 Å². The van der Waals surface area contributed by atoms with Crippen LogP contribution >= 0.6 is 0 Å². The van der Waals surface area contributed by atoms with Gasteiger partial charge >= 0.3 is 5.97 Å². The summed E-state index contributed by atoms with van der Waals surface area (Å²) in [6.45, 7) is 4.16. The maximum atomic E-state index is 11.4. The second kappa shape index (κ2) is 6.40. The summed E-state index contributed by atoms with van der Waals surface area (Å²) in [4.78, 5) is 24.0. The predicted octanol–water partition coefficient (Wildman–Crippen LogP) is 0.164. The van der Waals surface area contributed by atoms with Gasteiger partial charge in [-0.1, -0.05) is 13.8 Å². The van der Waals surface area contributed by atoms with E-state index < -0.39 is 12.0 Å². The van der Waals surface area contributed by atoms with Crippen molar-refractivity contribution in [2.45, 2.75) is 26.3 Å². The molecule has 0 saturated heterocycles. The normalized spacial score (nSPS) is 12.9. The zero-order valence-corrected chi connectivity index (χ0v) is 9.78. The molecule has 0 fully saturated rings. The first-order valence-corrected chi connectivity index (χ1v) is 5.01. The minimum Gasteiger partial charge on any atom is -0.480 e. The molecule has 88 valence electrons. The van der Waals surface area contributed by atoms with Gasteiger partial charge in [0.15, 0.2) is 0 Å². The molecule has 1 atom stereocenters. The first kappa shape index (κ1) is 13.9. The average Bonchev–Trinajstić information content (AvgIpc) is 2.09. The van der Waals surface area contributed by atoms with Crippen LogP contribution in [0.1, 0.15) is 20.3 Å². The molecule has 15 heavy (non-hydrogen) atoms. The van der Waals surface area contributed by atoms with Gasteiger partial charge in [-0.3, -0.25) is 4.79 Å². The summed E-state index contributed by atoms with van der Waals surface area (Å²) < 4.78 is 0. The van der Waals surface area contributed by atoms with Crippen LogP contribution in [0.15, 0.2) is 0 Å². The molecule has 0 radical (unpaired) electrons. The Morgan fingerprint density at radius 2 is 1.87 bits per heavy atom. The van der Waals surface area contributed by atoms with E-state index in [0.29, 0.717) is 13.0 Å². The highest BCUT2D eigenvalue weighted by Gasteiger charge is 2.22. The van der Waals surface area contributed by atoms with Crippen LogP contribution in [0, 0.1) is 5.92 Å². The minimum atomic E-state index is -0.983. The molecular formula is C10H20N2O3. The number of rotatable bonds is 6. The molecule has 0 aromatic heterocycles. The van der Waals surface area contributed by atoms with Gasteiger partial charge in [0, 0.05) is 13.0 Å². The molecule has 1 unspecified atom stereocenters. The molecule has 5 nitrogen and oxygen atoms in total. The molecular weight excluding hydrogens is 196 g/mol. The highest BCUT2D eigenvalue weighted by Crippen LogP contribution is 2.02. The molecule has 0 heterocycles. The Hall–Kier alpha value is -1.10. The Bertz CT molecular complexity index is 227. The van der Waals surface area contributed by atoms with E-state index in [1.54, 1.807) is 13.8 Å². The number of nitrogens with one attached hydrogen (secondary N) is 1. The summed E-state index contributed by atoms with van der Waals surface area (Å²) in [5.74, 6) is -1.31. The van der Waals surface area contributed by atoms with Gasteiger partial charge in [-0.05, 0) is 20.0 Å². The number of carboxylic acids is 1. The number of nitrogens with zero attached hydrogens (tertiary/aromatic N) is 1. The van der Waals surface area contributed by atoms with E-state index in [-0.39, 0.29) is 11.8 Å². The number of aliphatic carboxylic acids is 1. The lowest BCUT2D eigenvalue weighted by Crippen LogP contribution is -2.44. The largest absolute Gasteiger partial charge is 0.480 e. The molecule has 0 bridgehead atoms. The molecule has 0 saturated carbocycles. The van der Waals surface area contributed by atoms with E-state index in [0.717, 1.165) is 0 Å². The van der Waals surface area contributed by atoms with Gasteiger partial charge in [0.2, 0.25) is 5.91 Å². The van der Waals surface area contributed by atoms with Crippen molar-refractivity contribution in [3.05, 3.63) is 0 Å². The monoisotopic (exact) mass is 216 g/mol. The molecule has 0 aromatic carbocycles. The van der Waals surface area contributed by atoms with Crippen molar-refractivity contribution in [1.82, 2.24) is 10.2 Å². The summed E-state index contributed by atoms with van der Waals surface area (Å²) in [7, 11) is 3.73. The number of carbonyl (C=O) groups is 2. The number of hydrogen-bond acceptors (Lipinski definition) is 3. The van der Waals surface area contributed by atoms with Gasteiger partial charge in [-0.2, -0.15) is 0 Å². The van der Waals surface area contributed by atoms with Gasteiger partial charge in [-0.15, -0.1) is 0 Å². The van der Waals surface area contributed by atoms with Crippen LogP contribution in [0.4, 0.5) is 0 Å². The quantitative estimate of drug-likeness (QED) is 0.663. The smallest absolute Gasteiger partial charge is 0.326 e. The zero-order chi connectivity index (χ0) is 12.0. The van der Waals surface area contributed by atoms with Crippen LogP contribution in [-0.4, -0.2) is 48.6 Å². The standard InChI is InChI=1S/C10H20N2O3/c1-7(2)9(10(14)15)11-8(13)5-6-12(3)4/h7,9H,5-6H2,1-4H3,(H,11,13)(H,14,15). The van der Waals surface area contributed by atoms with Crippen molar-refractivity contribution < 1.29 is 14.7 Å². The number of carbonyl (C=O) groups excluding carboxylic acids is 1. The highest BCUT2D eigenvalue weighted by atomic mass is 16.4. The Morgan fingerprint density at radius 3 is 2.20 bits per heavy atom. The molecule has 1 amide bonds. The van der Waals surface area contributed by atoms with E-state index in [1.807, 2.05) is 19.0 Å². The van der Waals surface area contributed by atoms with Crippen LogP contribution in [0.5, 0.6) is 0 Å². The van der Waals surface area contributed by atoms with Gasteiger partial charge in [-0.25, -0.2) is 4.79 Å². The van der Waals surface area contributed by atoms with Gasteiger partial charge in [0.25, 0.3) is 0 Å². The van der Waals surface area contributed by atoms with Gasteiger partial charge in [0.05, 0.1) is 0 Å². The molecule has 5 heteroatoms. The van der Waals surface area contributed by atoms with Crippen LogP contribution < -0.4 is 5.32 Å². The second-order valence-electron chi connectivity index (χ2n) is 4.18. The SMILES string of the molecule is CC(C)C(NC(=O)CCN(C)C)C(=O)O. The lowest BCUT2D eigenvalue weighted by molar-refractivity contribution is -0.143. The van der Waals surface area contributed by atoms with Crippen LogP contribution in [-0.2, 0) is 9.59 Å². The van der Waals surface area contributed by atoms with Crippen LogP contribution in [0.3, 0.4) is 0 Å². The number of hydrogen-bond donors (Lipinski definition) is 2. The summed E-state index contributed by atoms with van der Waals surface area (Å²) >= 11 is 0. The Morgan fingerprint density at radius 1 is 1.33 bits per heavy atom. The summed E-state index contributed by atoms with van der Waals surface area (Å²) in [5.41, 5.74) is 0. The minimum absolute atomic E-state index is 0.106. The van der Waals surface area contributed by atoms with Crippen molar-refractivity contribution in [3.63, 3.8) is 0 Å². The molecule has 0 aliphatic rings. The lowest BCUT2D eigenvalue weighted by Gasteiger charge is -2.18. The average molecular weight is 216 g/mol. The number of amides is 1. The van der Waals surface area contributed by atoms with Gasteiger partial charge in [0.1, 0.15) is 6.04 Å². The molecule has 2 N–H and O–H groups in total. The molecule has 0 aromatic rings. The topological polar surface area (TPSA) is 69.6 Å². The van der Waals surface area contributed by atoms with Crippen molar-refractivity contribution in [3.8, 4) is 0 Å². The maximum absolute atomic E-state index is 11.4. The third-order valence-corrected chi connectivity index (χ3v) is 2.04. The van der Waals surface area contributed by atoms with E-state index in [1.165, 1.54) is 0 Å². The summed E-state index contributed by atoms with van der Waals surface area (Å²) in [5, 5.41) is 11.4. The lowest BCUT2D eigenvalue weighted by atomic mass is 10.0. The Balaban J connectivity index is 4.07. The van der Waals surface area contributed by atoms with Crippen molar-refractivity contribution in [2.75, 3.05) is 20.6 Å². The first-order valence-electron chi connectivity index (χ1n) is 5.01. The highest BCUT2D eigenvalue weighted by molar-refractivity contribution is 5.83. The number of carboxylic acid groups (broad SMARTS) is 1. The molecule has 0 spiro atoms. The molecule has 0 rings (SSSR count).